The molecule has 8 nitrogen and oxygen atoms in total. The highest BCUT2D eigenvalue weighted by Gasteiger charge is 2.29. The maximum atomic E-state index is 12.1. The van der Waals surface area contributed by atoms with E-state index in [1.807, 2.05) is 13.8 Å². The summed E-state index contributed by atoms with van der Waals surface area (Å²) in [7, 11) is 0. The van der Waals surface area contributed by atoms with Gasteiger partial charge in [0.2, 0.25) is 5.91 Å². The van der Waals surface area contributed by atoms with E-state index in [9.17, 15) is 19.7 Å². The molecule has 1 aromatic carbocycles. The average Bonchev–Trinajstić information content (AvgIpc) is 2.54. The van der Waals surface area contributed by atoms with Crippen molar-refractivity contribution < 1.29 is 19.2 Å². The number of benzene rings is 1. The van der Waals surface area contributed by atoms with Gasteiger partial charge in [0.05, 0.1) is 10.6 Å². The molecule has 0 saturated carbocycles. The van der Waals surface area contributed by atoms with Gasteiger partial charge < -0.3 is 10.1 Å². The van der Waals surface area contributed by atoms with Crippen LogP contribution in [-0.2, 0) is 9.59 Å². The molecule has 1 N–H and O–H groups in total. The minimum atomic E-state index is -0.554. The molecule has 0 aliphatic carbocycles. The van der Waals surface area contributed by atoms with Crippen LogP contribution >= 0.6 is 0 Å². The minimum Gasteiger partial charge on any atom is -0.482 e. The Bertz CT molecular complexity index is 628. The molecule has 0 bridgehead atoms. The summed E-state index contributed by atoms with van der Waals surface area (Å²) in [6.07, 6.45) is 1.59. The number of carbonyl (C=O) groups is 2. The summed E-state index contributed by atoms with van der Waals surface area (Å²) < 4.78 is 5.26. The molecule has 1 aliphatic heterocycles. The summed E-state index contributed by atoms with van der Waals surface area (Å²) in [4.78, 5) is 35.8. The molecule has 0 radical (unpaired) electrons. The van der Waals surface area contributed by atoms with Crippen LogP contribution in [0.3, 0.4) is 0 Å². The zero-order chi connectivity index (χ0) is 17.0. The molecular formula is C15H19N3O5. The molecule has 0 spiro atoms. The Balaban J connectivity index is 2.22. The predicted octanol–water partition coefficient (Wildman–Crippen LogP) is 1.62. The smallest absolute Gasteiger partial charge is 0.271 e. The van der Waals surface area contributed by atoms with Gasteiger partial charge in [-0.15, -0.1) is 0 Å². The number of fused-ring (bicyclic) bond motifs is 1. The van der Waals surface area contributed by atoms with E-state index >= 15 is 0 Å². The van der Waals surface area contributed by atoms with Gasteiger partial charge in [-0.1, -0.05) is 13.8 Å². The third-order valence-electron chi connectivity index (χ3n) is 3.75. The Hall–Kier alpha value is -2.64. The quantitative estimate of drug-likeness (QED) is 0.633. The fraction of sp³-hybridized carbons (Fsp3) is 0.467. The first-order valence-electron chi connectivity index (χ1n) is 7.47. The van der Waals surface area contributed by atoms with Crippen molar-refractivity contribution in [1.29, 1.82) is 0 Å². The van der Waals surface area contributed by atoms with Gasteiger partial charge in [-0.05, 0) is 18.9 Å². The SMILES string of the molecule is CCC(CC)NC(=O)CN1C(=O)COc2ccc([N+](=O)[O-])cc21. The van der Waals surface area contributed by atoms with Crippen molar-refractivity contribution in [2.24, 2.45) is 0 Å². The van der Waals surface area contributed by atoms with Gasteiger partial charge in [0.15, 0.2) is 6.61 Å². The van der Waals surface area contributed by atoms with Gasteiger partial charge >= 0.3 is 0 Å². The van der Waals surface area contributed by atoms with Crippen LogP contribution in [0, 0.1) is 10.1 Å². The highest BCUT2D eigenvalue weighted by molar-refractivity contribution is 6.02. The first kappa shape index (κ1) is 16.7. The van der Waals surface area contributed by atoms with E-state index in [1.54, 1.807) is 0 Å². The van der Waals surface area contributed by atoms with E-state index in [1.165, 1.54) is 23.1 Å². The molecule has 23 heavy (non-hydrogen) atoms. The maximum Gasteiger partial charge on any atom is 0.271 e. The topological polar surface area (TPSA) is 102 Å². The third-order valence-corrected chi connectivity index (χ3v) is 3.75. The van der Waals surface area contributed by atoms with Gasteiger partial charge in [-0.3, -0.25) is 24.6 Å². The number of carbonyl (C=O) groups excluding carboxylic acids is 2. The van der Waals surface area contributed by atoms with Crippen LogP contribution in [0.15, 0.2) is 18.2 Å². The van der Waals surface area contributed by atoms with E-state index in [0.717, 1.165) is 12.8 Å². The second-order valence-electron chi connectivity index (χ2n) is 5.26. The van der Waals surface area contributed by atoms with Crippen molar-refractivity contribution in [3.05, 3.63) is 28.3 Å². The molecule has 8 heteroatoms. The van der Waals surface area contributed by atoms with E-state index in [4.69, 9.17) is 4.74 Å². The lowest BCUT2D eigenvalue weighted by atomic mass is 10.1. The fourth-order valence-corrected chi connectivity index (χ4v) is 2.39. The van der Waals surface area contributed by atoms with Crippen LogP contribution in [-0.4, -0.2) is 35.9 Å². The number of ether oxygens (including phenoxy) is 1. The summed E-state index contributed by atoms with van der Waals surface area (Å²) in [6.45, 7) is 3.55. The molecule has 0 fully saturated rings. The molecule has 2 rings (SSSR count). The van der Waals surface area contributed by atoms with Crippen LogP contribution < -0.4 is 15.0 Å². The molecule has 0 atom stereocenters. The Labute approximate surface area is 133 Å². The standard InChI is InChI=1S/C15H19N3O5/c1-3-10(4-2)16-14(19)8-17-12-7-11(18(21)22)5-6-13(12)23-9-15(17)20/h5-7,10H,3-4,8-9H2,1-2H3,(H,16,19). The van der Waals surface area contributed by atoms with Crippen LogP contribution in [0.2, 0.25) is 0 Å². The summed E-state index contributed by atoms with van der Waals surface area (Å²) in [5.74, 6) is -0.352. The van der Waals surface area contributed by atoms with Gasteiger partial charge in [0.1, 0.15) is 12.3 Å². The Morgan fingerprint density at radius 1 is 1.43 bits per heavy atom. The number of rotatable bonds is 6. The normalized spacial score (nSPS) is 13.5. The predicted molar refractivity (Wildman–Crippen MR) is 83.5 cm³/mol. The molecule has 0 aromatic heterocycles. The summed E-state index contributed by atoms with van der Waals surface area (Å²) in [6, 6.07) is 4.03. The molecule has 124 valence electrons. The van der Waals surface area contributed by atoms with Crippen LogP contribution in [0.25, 0.3) is 0 Å². The molecular weight excluding hydrogens is 302 g/mol. The maximum absolute atomic E-state index is 12.1. The number of non-ortho nitro benzene ring substituents is 1. The Kier molecular flexibility index (Phi) is 5.15. The number of amides is 2. The highest BCUT2D eigenvalue weighted by Crippen LogP contribution is 2.35. The molecule has 1 aromatic rings. The number of hydrogen-bond donors (Lipinski definition) is 1. The van der Waals surface area contributed by atoms with E-state index in [2.05, 4.69) is 5.32 Å². The lowest BCUT2D eigenvalue weighted by molar-refractivity contribution is -0.384. The van der Waals surface area contributed by atoms with Crippen LogP contribution in [0.4, 0.5) is 11.4 Å². The zero-order valence-electron chi connectivity index (χ0n) is 13.1. The monoisotopic (exact) mass is 321 g/mol. The summed E-state index contributed by atoms with van der Waals surface area (Å²) in [5.41, 5.74) is 0.0857. The zero-order valence-corrected chi connectivity index (χ0v) is 13.1. The Morgan fingerprint density at radius 2 is 2.13 bits per heavy atom. The van der Waals surface area contributed by atoms with Crippen molar-refractivity contribution in [3.8, 4) is 5.75 Å². The van der Waals surface area contributed by atoms with Crippen LogP contribution in [0.1, 0.15) is 26.7 Å². The molecule has 2 amide bonds. The third kappa shape index (κ3) is 3.77. The van der Waals surface area contributed by atoms with Crippen molar-refractivity contribution in [3.63, 3.8) is 0 Å². The first-order valence-corrected chi connectivity index (χ1v) is 7.47. The molecule has 1 aliphatic rings. The number of hydrogen-bond acceptors (Lipinski definition) is 5. The largest absolute Gasteiger partial charge is 0.482 e. The number of nitrogens with zero attached hydrogens (tertiary/aromatic N) is 2. The first-order chi connectivity index (χ1) is 11.0. The molecule has 0 unspecified atom stereocenters. The van der Waals surface area contributed by atoms with Gasteiger partial charge in [-0.25, -0.2) is 0 Å². The summed E-state index contributed by atoms with van der Waals surface area (Å²) >= 11 is 0. The van der Waals surface area contributed by atoms with Gasteiger partial charge in [-0.2, -0.15) is 0 Å². The second-order valence-corrected chi connectivity index (χ2v) is 5.26. The van der Waals surface area contributed by atoms with Crippen LogP contribution in [0.5, 0.6) is 5.75 Å². The van der Waals surface area contributed by atoms with E-state index in [0.29, 0.717) is 5.75 Å². The van der Waals surface area contributed by atoms with Gasteiger partial charge in [0, 0.05) is 18.2 Å². The number of nitro groups is 1. The minimum absolute atomic E-state index is 0.0447. The average molecular weight is 321 g/mol. The van der Waals surface area contributed by atoms with Crippen molar-refractivity contribution in [2.45, 2.75) is 32.7 Å². The lowest BCUT2D eigenvalue weighted by Crippen LogP contribution is -2.47. The fourth-order valence-electron chi connectivity index (χ4n) is 2.39. The summed E-state index contributed by atoms with van der Waals surface area (Å²) in [5, 5.41) is 13.7. The van der Waals surface area contributed by atoms with Gasteiger partial charge in [0.25, 0.3) is 11.6 Å². The number of anilines is 1. The van der Waals surface area contributed by atoms with Crippen molar-refractivity contribution in [2.75, 3.05) is 18.1 Å². The van der Waals surface area contributed by atoms with E-state index < -0.39 is 10.8 Å². The second kappa shape index (κ2) is 7.08. The van der Waals surface area contributed by atoms with Crippen molar-refractivity contribution in [1.82, 2.24) is 5.32 Å². The highest BCUT2D eigenvalue weighted by atomic mass is 16.6. The number of nitrogens with one attached hydrogen (secondary N) is 1. The molecule has 1 heterocycles. The van der Waals surface area contributed by atoms with E-state index in [-0.39, 0.29) is 36.5 Å². The number of nitro benzene ring substituents is 1. The van der Waals surface area contributed by atoms with Crippen molar-refractivity contribution >= 4 is 23.2 Å². The Morgan fingerprint density at radius 3 is 2.74 bits per heavy atom. The molecule has 0 saturated heterocycles. The lowest BCUT2D eigenvalue weighted by Gasteiger charge is -2.29.